The average Bonchev–Trinajstić information content (AvgIpc) is 2.95. The topological polar surface area (TPSA) is 28.4 Å². The fourth-order valence-corrected chi connectivity index (χ4v) is 5.99. The fourth-order valence-electron chi connectivity index (χ4n) is 5.99. The molecule has 1 aromatic carbocycles. The van der Waals surface area contributed by atoms with Crippen LogP contribution in [0.25, 0.3) is 10.9 Å². The molecule has 0 saturated carbocycles. The minimum absolute atomic E-state index is 0.248. The molecule has 3 nitrogen and oxygen atoms in total. The molecule has 3 aliphatic heterocycles. The highest BCUT2D eigenvalue weighted by atomic mass is 16.3. The van der Waals surface area contributed by atoms with E-state index in [9.17, 15) is 5.11 Å². The van der Waals surface area contributed by atoms with Gasteiger partial charge in [0.2, 0.25) is 0 Å². The first-order chi connectivity index (χ1) is 11.3. The SMILES string of the molecule is CCC12CCCN3CCc4c(n(c5ccccc45)C(CO)C1)C32. The highest BCUT2D eigenvalue weighted by Gasteiger charge is 2.52. The molecular formula is C20H26N2O. The summed E-state index contributed by atoms with van der Waals surface area (Å²) in [5.74, 6) is 0. The number of hydrogen-bond acceptors (Lipinski definition) is 2. The molecule has 3 unspecified atom stereocenters. The second-order valence-electron chi connectivity index (χ2n) is 7.80. The van der Waals surface area contributed by atoms with E-state index in [1.807, 2.05) is 0 Å². The smallest absolute Gasteiger partial charge is 0.0639 e. The third-order valence-corrected chi connectivity index (χ3v) is 6.95. The quantitative estimate of drug-likeness (QED) is 0.917. The highest BCUT2D eigenvalue weighted by molar-refractivity contribution is 5.86. The van der Waals surface area contributed by atoms with E-state index in [0.29, 0.717) is 11.5 Å². The van der Waals surface area contributed by atoms with Gasteiger partial charge in [-0.1, -0.05) is 25.1 Å². The van der Waals surface area contributed by atoms with Crippen LogP contribution >= 0.6 is 0 Å². The zero-order valence-corrected chi connectivity index (χ0v) is 14.0. The van der Waals surface area contributed by atoms with E-state index >= 15 is 0 Å². The normalized spacial score (nSPS) is 33.0. The van der Waals surface area contributed by atoms with Gasteiger partial charge in [-0.2, -0.15) is 0 Å². The summed E-state index contributed by atoms with van der Waals surface area (Å²) in [4.78, 5) is 2.75. The van der Waals surface area contributed by atoms with Crippen molar-refractivity contribution in [1.29, 1.82) is 0 Å². The van der Waals surface area contributed by atoms with Gasteiger partial charge in [-0.05, 0) is 55.7 Å². The average molecular weight is 310 g/mol. The number of fused-ring (bicyclic) bond motifs is 3. The molecule has 0 amide bonds. The van der Waals surface area contributed by atoms with Gasteiger partial charge in [0.1, 0.15) is 0 Å². The number of rotatable bonds is 2. The first-order valence-corrected chi connectivity index (χ1v) is 9.25. The second kappa shape index (κ2) is 4.84. The molecule has 23 heavy (non-hydrogen) atoms. The minimum atomic E-state index is 0.248. The number of para-hydroxylation sites is 1. The largest absolute Gasteiger partial charge is 0.394 e. The summed E-state index contributed by atoms with van der Waals surface area (Å²) in [5, 5.41) is 11.6. The van der Waals surface area contributed by atoms with Gasteiger partial charge in [-0.25, -0.2) is 0 Å². The van der Waals surface area contributed by atoms with Crippen LogP contribution < -0.4 is 0 Å². The summed E-state index contributed by atoms with van der Waals surface area (Å²) in [6, 6.07) is 9.67. The molecule has 3 atom stereocenters. The Morgan fingerprint density at radius 3 is 2.96 bits per heavy atom. The summed E-state index contributed by atoms with van der Waals surface area (Å²) < 4.78 is 2.51. The highest BCUT2D eigenvalue weighted by Crippen LogP contribution is 2.59. The Bertz CT molecular complexity index is 764. The van der Waals surface area contributed by atoms with Crippen LogP contribution in [0.15, 0.2) is 24.3 Å². The lowest BCUT2D eigenvalue weighted by Crippen LogP contribution is -2.53. The monoisotopic (exact) mass is 310 g/mol. The summed E-state index contributed by atoms with van der Waals surface area (Å²) in [6.45, 7) is 5.08. The summed E-state index contributed by atoms with van der Waals surface area (Å²) in [7, 11) is 0. The van der Waals surface area contributed by atoms with Crippen molar-refractivity contribution in [2.75, 3.05) is 19.7 Å². The van der Waals surface area contributed by atoms with E-state index < -0.39 is 0 Å². The van der Waals surface area contributed by atoms with Gasteiger partial charge in [0.15, 0.2) is 0 Å². The zero-order chi connectivity index (χ0) is 15.6. The van der Waals surface area contributed by atoms with Gasteiger partial charge in [-0.15, -0.1) is 0 Å². The lowest BCUT2D eigenvalue weighted by Gasteiger charge is -2.56. The van der Waals surface area contributed by atoms with Gasteiger partial charge in [0.05, 0.1) is 18.7 Å². The van der Waals surface area contributed by atoms with Gasteiger partial charge in [0.25, 0.3) is 0 Å². The maximum atomic E-state index is 10.2. The Balaban J connectivity index is 1.85. The predicted molar refractivity (Wildman–Crippen MR) is 92.7 cm³/mol. The number of aliphatic hydroxyl groups excluding tert-OH is 1. The standard InChI is InChI=1S/C20H26N2O/c1-2-20-9-5-10-21-11-8-16-15-6-3-4-7-17(15)22(14(12-20)13-23)18(16)19(20)21/h3-4,6-7,14,19,23H,2,5,8-13H2,1H3. The molecule has 5 rings (SSSR count). The van der Waals surface area contributed by atoms with Gasteiger partial charge >= 0.3 is 0 Å². The summed E-state index contributed by atoms with van der Waals surface area (Å²) in [6.07, 6.45) is 6.16. The molecule has 122 valence electrons. The van der Waals surface area contributed by atoms with Crippen molar-refractivity contribution < 1.29 is 5.11 Å². The molecule has 1 fully saturated rings. The number of hydrogen-bond donors (Lipinski definition) is 1. The molecule has 0 bridgehead atoms. The molecular weight excluding hydrogens is 284 g/mol. The maximum Gasteiger partial charge on any atom is 0.0639 e. The second-order valence-corrected chi connectivity index (χ2v) is 7.80. The van der Waals surface area contributed by atoms with Crippen molar-refractivity contribution in [3.63, 3.8) is 0 Å². The van der Waals surface area contributed by atoms with Crippen LogP contribution in [0.2, 0.25) is 0 Å². The Hall–Kier alpha value is -1.32. The van der Waals surface area contributed by atoms with Gasteiger partial charge in [0, 0.05) is 23.1 Å². The van der Waals surface area contributed by atoms with Crippen molar-refractivity contribution in [1.82, 2.24) is 9.47 Å². The third kappa shape index (κ3) is 1.67. The van der Waals surface area contributed by atoms with Crippen LogP contribution in [0.4, 0.5) is 0 Å². The van der Waals surface area contributed by atoms with Crippen molar-refractivity contribution >= 4 is 10.9 Å². The van der Waals surface area contributed by atoms with E-state index in [-0.39, 0.29) is 12.6 Å². The molecule has 0 aliphatic carbocycles. The van der Waals surface area contributed by atoms with Crippen LogP contribution in [0, 0.1) is 5.41 Å². The number of piperidine rings is 1. The maximum absolute atomic E-state index is 10.2. The van der Waals surface area contributed by atoms with Crippen LogP contribution in [-0.4, -0.2) is 34.3 Å². The number of benzene rings is 1. The van der Waals surface area contributed by atoms with E-state index in [4.69, 9.17) is 0 Å². The van der Waals surface area contributed by atoms with Crippen molar-refractivity contribution in [3.8, 4) is 0 Å². The Morgan fingerprint density at radius 2 is 2.13 bits per heavy atom. The number of aromatic nitrogens is 1. The first-order valence-electron chi connectivity index (χ1n) is 9.25. The molecule has 1 saturated heterocycles. The zero-order valence-electron chi connectivity index (χ0n) is 14.0. The van der Waals surface area contributed by atoms with E-state index in [1.54, 1.807) is 11.3 Å². The van der Waals surface area contributed by atoms with Crippen LogP contribution in [-0.2, 0) is 6.42 Å². The third-order valence-electron chi connectivity index (χ3n) is 6.95. The first kappa shape index (κ1) is 14.1. The van der Waals surface area contributed by atoms with Gasteiger partial charge < -0.3 is 9.67 Å². The van der Waals surface area contributed by atoms with Crippen molar-refractivity contribution in [2.24, 2.45) is 5.41 Å². The van der Waals surface area contributed by atoms with Crippen molar-refractivity contribution in [2.45, 2.75) is 51.1 Å². The Kier molecular flexibility index (Phi) is 2.96. The molecule has 3 heteroatoms. The fraction of sp³-hybridized carbons (Fsp3) is 0.600. The van der Waals surface area contributed by atoms with E-state index in [2.05, 4.69) is 40.7 Å². The van der Waals surface area contributed by atoms with E-state index in [1.165, 1.54) is 43.3 Å². The number of aliphatic hydroxyl groups is 1. The molecule has 4 heterocycles. The molecule has 1 N–H and O–H groups in total. The molecule has 0 radical (unpaired) electrons. The number of nitrogens with zero attached hydrogens (tertiary/aromatic N) is 2. The van der Waals surface area contributed by atoms with Crippen LogP contribution in [0.3, 0.4) is 0 Å². The Morgan fingerprint density at radius 1 is 1.26 bits per heavy atom. The van der Waals surface area contributed by atoms with Gasteiger partial charge in [-0.3, -0.25) is 4.90 Å². The minimum Gasteiger partial charge on any atom is -0.394 e. The lowest BCUT2D eigenvalue weighted by molar-refractivity contribution is -0.0421. The van der Waals surface area contributed by atoms with Crippen LogP contribution in [0.1, 0.15) is 55.9 Å². The predicted octanol–water partition coefficient (Wildman–Crippen LogP) is 3.67. The Labute approximate surface area is 137 Å². The summed E-state index contributed by atoms with van der Waals surface area (Å²) >= 11 is 0. The lowest BCUT2D eigenvalue weighted by atomic mass is 9.63. The summed E-state index contributed by atoms with van der Waals surface area (Å²) in [5.41, 5.74) is 4.82. The molecule has 3 aliphatic rings. The molecule has 1 aromatic heterocycles. The van der Waals surface area contributed by atoms with E-state index in [0.717, 1.165) is 12.8 Å². The van der Waals surface area contributed by atoms with Crippen LogP contribution in [0.5, 0.6) is 0 Å². The molecule has 2 aromatic rings. The van der Waals surface area contributed by atoms with Crippen molar-refractivity contribution in [3.05, 3.63) is 35.5 Å². The molecule has 0 spiro atoms.